The quantitative estimate of drug-likeness (QED) is 0.538. The van der Waals surface area contributed by atoms with Crippen LogP contribution in [0, 0.1) is 11.3 Å². The van der Waals surface area contributed by atoms with Gasteiger partial charge in [0.2, 0.25) is 0 Å². The maximum atomic E-state index is 13.0. The lowest BCUT2D eigenvalue weighted by Crippen LogP contribution is -2.27. The van der Waals surface area contributed by atoms with Crippen LogP contribution in [0.25, 0.3) is 16.9 Å². The van der Waals surface area contributed by atoms with Crippen molar-refractivity contribution in [1.82, 2.24) is 14.4 Å². The van der Waals surface area contributed by atoms with Crippen LogP contribution in [0.1, 0.15) is 16.1 Å². The molecule has 29 heavy (non-hydrogen) atoms. The Balaban J connectivity index is 1.71. The van der Waals surface area contributed by atoms with E-state index in [0.717, 1.165) is 17.0 Å². The fraction of sp³-hybridized carbons (Fsp3) is 0.0909. The van der Waals surface area contributed by atoms with Crippen molar-refractivity contribution in [3.63, 3.8) is 0 Å². The molecule has 0 aliphatic heterocycles. The summed E-state index contributed by atoms with van der Waals surface area (Å²) < 4.78 is 7.14. The summed E-state index contributed by atoms with van der Waals surface area (Å²) >= 11 is 0. The molecule has 0 radical (unpaired) electrons. The van der Waals surface area contributed by atoms with Crippen molar-refractivity contribution >= 4 is 17.2 Å². The summed E-state index contributed by atoms with van der Waals surface area (Å²) in [5, 5.41) is 8.93. The molecule has 0 spiro atoms. The molecule has 1 amide bonds. The fourth-order valence-corrected chi connectivity index (χ4v) is 3.04. The Morgan fingerprint density at radius 1 is 1.14 bits per heavy atom. The van der Waals surface area contributed by atoms with Crippen LogP contribution in [0.4, 0.5) is 5.69 Å². The second-order valence-corrected chi connectivity index (χ2v) is 6.40. The highest BCUT2D eigenvalue weighted by molar-refractivity contribution is 6.04. The van der Waals surface area contributed by atoms with Gasteiger partial charge in [0, 0.05) is 24.5 Å². The lowest BCUT2D eigenvalue weighted by Gasteiger charge is -2.17. The van der Waals surface area contributed by atoms with E-state index >= 15 is 0 Å². The van der Waals surface area contributed by atoms with Crippen LogP contribution in [0.3, 0.4) is 0 Å². The molecule has 2 heterocycles. The second kappa shape index (κ2) is 7.44. The molecule has 0 fully saturated rings. The summed E-state index contributed by atoms with van der Waals surface area (Å²) in [7, 11) is 3.29. The highest BCUT2D eigenvalue weighted by atomic mass is 16.5. The van der Waals surface area contributed by atoms with Crippen molar-refractivity contribution < 1.29 is 9.53 Å². The van der Waals surface area contributed by atoms with Crippen molar-refractivity contribution in [2.45, 2.75) is 0 Å². The number of carbonyl (C=O) groups excluding carboxylic acids is 1. The third kappa shape index (κ3) is 3.39. The van der Waals surface area contributed by atoms with Crippen molar-refractivity contribution in [2.24, 2.45) is 0 Å². The normalized spacial score (nSPS) is 10.5. The highest BCUT2D eigenvalue weighted by Gasteiger charge is 2.17. The van der Waals surface area contributed by atoms with Crippen molar-refractivity contribution in [1.29, 1.82) is 5.26 Å². The number of hydrogen-bond acceptors (Lipinski definition) is 5. The van der Waals surface area contributed by atoms with Crippen LogP contribution >= 0.6 is 0 Å². The molecule has 2 aromatic heterocycles. The van der Waals surface area contributed by atoms with E-state index in [1.165, 1.54) is 4.90 Å². The maximum Gasteiger partial charge on any atom is 0.278 e. The van der Waals surface area contributed by atoms with E-state index in [2.05, 4.69) is 16.0 Å². The minimum Gasteiger partial charge on any atom is -0.497 e. The molecule has 0 atom stereocenters. The third-order valence-electron chi connectivity index (χ3n) is 4.67. The number of rotatable bonds is 4. The Hall–Kier alpha value is -4.18. The molecule has 7 heteroatoms. The van der Waals surface area contributed by atoms with Gasteiger partial charge in [-0.1, -0.05) is 12.1 Å². The Morgan fingerprint density at radius 2 is 1.93 bits per heavy atom. The minimum absolute atomic E-state index is 0.262. The number of aromatic nitrogens is 3. The molecule has 4 rings (SSSR count). The molecule has 4 aromatic rings. The van der Waals surface area contributed by atoms with Gasteiger partial charge in [-0.2, -0.15) is 5.26 Å². The Bertz CT molecular complexity index is 1240. The Labute approximate surface area is 167 Å². The van der Waals surface area contributed by atoms with Gasteiger partial charge in [-0.25, -0.2) is 9.97 Å². The van der Waals surface area contributed by atoms with Crippen LogP contribution in [0.2, 0.25) is 0 Å². The zero-order valence-corrected chi connectivity index (χ0v) is 15.9. The van der Waals surface area contributed by atoms with E-state index in [1.54, 1.807) is 57.0 Å². The van der Waals surface area contributed by atoms with Gasteiger partial charge in [0.05, 0.1) is 36.8 Å². The summed E-state index contributed by atoms with van der Waals surface area (Å²) in [4.78, 5) is 23.1. The number of nitrogens with zero attached hydrogens (tertiary/aromatic N) is 5. The van der Waals surface area contributed by atoms with Gasteiger partial charge >= 0.3 is 0 Å². The predicted octanol–water partition coefficient (Wildman–Crippen LogP) is 3.55. The molecule has 0 N–H and O–H groups in total. The van der Waals surface area contributed by atoms with Gasteiger partial charge in [0.15, 0.2) is 5.65 Å². The summed E-state index contributed by atoms with van der Waals surface area (Å²) in [5.74, 6) is 0.477. The van der Waals surface area contributed by atoms with Gasteiger partial charge in [-0.15, -0.1) is 0 Å². The van der Waals surface area contributed by atoms with Crippen LogP contribution < -0.4 is 9.64 Å². The zero-order chi connectivity index (χ0) is 20.4. The first-order chi connectivity index (χ1) is 14.1. The number of imidazole rings is 1. The molecule has 2 aromatic carbocycles. The van der Waals surface area contributed by atoms with E-state index in [-0.39, 0.29) is 11.6 Å². The van der Waals surface area contributed by atoms with E-state index in [0.29, 0.717) is 16.9 Å². The molecule has 0 saturated carbocycles. The number of fused-ring (bicyclic) bond motifs is 1. The van der Waals surface area contributed by atoms with E-state index in [1.807, 2.05) is 28.7 Å². The van der Waals surface area contributed by atoms with Gasteiger partial charge in [-0.3, -0.25) is 9.20 Å². The topological polar surface area (TPSA) is 83.5 Å². The average Bonchev–Trinajstić information content (AvgIpc) is 3.21. The first kappa shape index (κ1) is 18.2. The van der Waals surface area contributed by atoms with Crippen LogP contribution in [-0.2, 0) is 0 Å². The molecular weight excluding hydrogens is 366 g/mol. The Kier molecular flexibility index (Phi) is 4.67. The molecular formula is C22H17N5O2. The summed E-state index contributed by atoms with van der Waals surface area (Å²) in [6.45, 7) is 0. The smallest absolute Gasteiger partial charge is 0.278 e. The first-order valence-corrected chi connectivity index (χ1v) is 8.86. The van der Waals surface area contributed by atoms with Gasteiger partial charge in [0.1, 0.15) is 11.4 Å². The van der Waals surface area contributed by atoms with Crippen LogP contribution in [0.15, 0.2) is 67.1 Å². The SMILES string of the molecule is COc1cccc(-c2cnc3cnc(C(=O)N(C)c4ccc(C#N)cc4)cn23)c1. The van der Waals surface area contributed by atoms with Crippen molar-refractivity contribution in [3.05, 3.63) is 78.4 Å². The van der Waals surface area contributed by atoms with Gasteiger partial charge < -0.3 is 9.64 Å². The van der Waals surface area contributed by atoms with Crippen molar-refractivity contribution in [3.8, 4) is 23.1 Å². The average molecular weight is 383 g/mol. The lowest BCUT2D eigenvalue weighted by molar-refractivity contribution is 0.0988. The number of benzene rings is 2. The molecule has 0 aliphatic carbocycles. The summed E-state index contributed by atoms with van der Waals surface area (Å²) in [5.41, 5.74) is 3.88. The monoisotopic (exact) mass is 383 g/mol. The number of amides is 1. The summed E-state index contributed by atoms with van der Waals surface area (Å²) in [6, 6.07) is 16.5. The van der Waals surface area contributed by atoms with Gasteiger partial charge in [-0.05, 0) is 36.4 Å². The molecule has 0 bridgehead atoms. The zero-order valence-electron chi connectivity index (χ0n) is 15.9. The molecule has 0 unspecified atom stereocenters. The van der Waals surface area contributed by atoms with Crippen LogP contribution in [-0.4, -0.2) is 34.4 Å². The predicted molar refractivity (Wildman–Crippen MR) is 109 cm³/mol. The van der Waals surface area contributed by atoms with Gasteiger partial charge in [0.25, 0.3) is 5.91 Å². The molecule has 0 saturated heterocycles. The van der Waals surface area contributed by atoms with Crippen molar-refractivity contribution in [2.75, 3.05) is 19.1 Å². The largest absolute Gasteiger partial charge is 0.497 e. The lowest BCUT2D eigenvalue weighted by atomic mass is 10.1. The second-order valence-electron chi connectivity index (χ2n) is 6.40. The molecule has 7 nitrogen and oxygen atoms in total. The number of carbonyl (C=O) groups is 1. The fourth-order valence-electron chi connectivity index (χ4n) is 3.04. The molecule has 0 aliphatic rings. The van der Waals surface area contributed by atoms with E-state index < -0.39 is 0 Å². The number of anilines is 1. The number of methoxy groups -OCH3 is 1. The highest BCUT2D eigenvalue weighted by Crippen LogP contribution is 2.25. The number of nitriles is 1. The summed E-state index contributed by atoms with van der Waals surface area (Å²) in [6.07, 6.45) is 4.99. The van der Waals surface area contributed by atoms with Crippen LogP contribution in [0.5, 0.6) is 5.75 Å². The third-order valence-corrected chi connectivity index (χ3v) is 4.67. The van der Waals surface area contributed by atoms with E-state index in [4.69, 9.17) is 10.00 Å². The Morgan fingerprint density at radius 3 is 2.66 bits per heavy atom. The molecule has 142 valence electrons. The standard InChI is InChI=1S/C22H17N5O2/c1-26(17-8-6-15(11-23)7-9-17)22(28)19-14-27-20(12-25-21(27)13-24-19)16-4-3-5-18(10-16)29-2/h3-10,12-14H,1-2H3. The number of ether oxygens (including phenoxy) is 1. The van der Waals surface area contributed by atoms with E-state index in [9.17, 15) is 4.79 Å². The first-order valence-electron chi connectivity index (χ1n) is 8.86. The number of hydrogen-bond donors (Lipinski definition) is 0. The minimum atomic E-state index is -0.262. The maximum absolute atomic E-state index is 13.0.